The minimum absolute atomic E-state index is 0.833. The lowest BCUT2D eigenvalue weighted by molar-refractivity contribution is 0.221. The van der Waals surface area contributed by atoms with Gasteiger partial charge in [-0.2, -0.15) is 0 Å². The van der Waals surface area contributed by atoms with Crippen LogP contribution in [-0.4, -0.2) is 37.1 Å². The van der Waals surface area contributed by atoms with E-state index in [-0.39, 0.29) is 0 Å². The van der Waals surface area contributed by atoms with Crippen LogP contribution in [0, 0.1) is 11.8 Å². The number of nitrogens with zero attached hydrogens (tertiary/aromatic N) is 1. The number of piperidine rings is 1. The molecule has 2 heteroatoms. The molecule has 0 spiro atoms. The fourth-order valence-corrected chi connectivity index (χ4v) is 3.54. The van der Waals surface area contributed by atoms with Crippen LogP contribution in [0.3, 0.4) is 0 Å². The average Bonchev–Trinajstić information content (AvgIpc) is 2.73. The van der Waals surface area contributed by atoms with E-state index in [1.165, 1.54) is 71.1 Å². The minimum Gasteiger partial charge on any atom is -0.314 e. The van der Waals surface area contributed by atoms with Gasteiger partial charge in [0.05, 0.1) is 0 Å². The maximum absolute atomic E-state index is 3.82. The molecule has 106 valence electrons. The van der Waals surface area contributed by atoms with E-state index in [1.54, 1.807) is 0 Å². The molecule has 0 aliphatic carbocycles. The van der Waals surface area contributed by atoms with Crippen LogP contribution in [0.4, 0.5) is 0 Å². The summed E-state index contributed by atoms with van der Waals surface area (Å²) in [6, 6.07) is 0.833. The first-order chi connectivity index (χ1) is 8.75. The smallest absolute Gasteiger partial charge is 0.0120 e. The summed E-state index contributed by atoms with van der Waals surface area (Å²) in [6.07, 6.45) is 9.90. The molecule has 2 saturated heterocycles. The lowest BCUT2D eigenvalue weighted by Crippen LogP contribution is -2.44. The van der Waals surface area contributed by atoms with Crippen molar-refractivity contribution >= 4 is 0 Å². The van der Waals surface area contributed by atoms with Gasteiger partial charge in [-0.05, 0) is 50.7 Å². The predicted molar refractivity (Wildman–Crippen MR) is 78.9 cm³/mol. The summed E-state index contributed by atoms with van der Waals surface area (Å²) in [5, 5.41) is 3.82. The van der Waals surface area contributed by atoms with Crippen LogP contribution in [0.2, 0.25) is 0 Å². The second-order valence-electron chi connectivity index (χ2n) is 6.80. The highest BCUT2D eigenvalue weighted by Crippen LogP contribution is 2.26. The zero-order valence-corrected chi connectivity index (χ0v) is 12.5. The first-order valence-electron chi connectivity index (χ1n) is 8.21. The molecule has 3 atom stereocenters. The Bertz CT molecular complexity index is 227. The Kier molecular flexibility index (Phi) is 5.97. The Morgan fingerprint density at radius 2 is 1.83 bits per heavy atom. The summed E-state index contributed by atoms with van der Waals surface area (Å²) in [5.74, 6) is 1.84. The molecule has 0 aromatic rings. The van der Waals surface area contributed by atoms with E-state index in [2.05, 4.69) is 24.1 Å². The highest BCUT2D eigenvalue weighted by atomic mass is 15.2. The summed E-state index contributed by atoms with van der Waals surface area (Å²) in [5.41, 5.74) is 0. The molecule has 2 aliphatic heterocycles. The zero-order valence-electron chi connectivity index (χ0n) is 12.5. The molecule has 1 N–H and O–H groups in total. The van der Waals surface area contributed by atoms with E-state index >= 15 is 0 Å². The lowest BCUT2D eigenvalue weighted by atomic mass is 9.94. The van der Waals surface area contributed by atoms with E-state index in [9.17, 15) is 0 Å². The van der Waals surface area contributed by atoms with E-state index in [0.29, 0.717) is 0 Å². The zero-order chi connectivity index (χ0) is 12.8. The number of hydrogen-bond donors (Lipinski definition) is 1. The maximum Gasteiger partial charge on any atom is 0.0120 e. The molecule has 0 aromatic carbocycles. The number of nitrogens with one attached hydrogen (secondary N) is 1. The number of hydrogen-bond acceptors (Lipinski definition) is 2. The van der Waals surface area contributed by atoms with Crippen LogP contribution in [0.25, 0.3) is 0 Å². The Labute approximate surface area is 114 Å². The largest absolute Gasteiger partial charge is 0.314 e. The van der Waals surface area contributed by atoms with Crippen molar-refractivity contribution in [2.75, 3.05) is 26.2 Å². The first kappa shape index (κ1) is 14.3. The topological polar surface area (TPSA) is 15.3 Å². The van der Waals surface area contributed by atoms with Crippen LogP contribution >= 0.6 is 0 Å². The molecular formula is C16H32N2. The highest BCUT2D eigenvalue weighted by molar-refractivity contribution is 4.90. The van der Waals surface area contributed by atoms with Gasteiger partial charge in [-0.1, -0.05) is 39.5 Å². The average molecular weight is 252 g/mol. The number of unbranched alkanes of at least 4 members (excludes halogenated alkanes) is 3. The second-order valence-corrected chi connectivity index (χ2v) is 6.80. The van der Waals surface area contributed by atoms with Crippen molar-refractivity contribution in [1.29, 1.82) is 0 Å². The molecule has 2 rings (SSSR count). The van der Waals surface area contributed by atoms with Crippen molar-refractivity contribution in [3.63, 3.8) is 0 Å². The van der Waals surface area contributed by atoms with Gasteiger partial charge < -0.3 is 10.2 Å². The van der Waals surface area contributed by atoms with E-state index < -0.39 is 0 Å². The van der Waals surface area contributed by atoms with Gasteiger partial charge in [0.15, 0.2) is 0 Å². The van der Waals surface area contributed by atoms with Crippen molar-refractivity contribution in [1.82, 2.24) is 10.2 Å². The summed E-state index contributed by atoms with van der Waals surface area (Å²) < 4.78 is 0. The Morgan fingerprint density at radius 3 is 2.67 bits per heavy atom. The molecular weight excluding hydrogens is 220 g/mol. The molecule has 2 fully saturated rings. The Hall–Kier alpha value is -0.0800. The van der Waals surface area contributed by atoms with E-state index in [4.69, 9.17) is 0 Å². The third-order valence-corrected chi connectivity index (χ3v) is 4.75. The third kappa shape index (κ3) is 4.55. The van der Waals surface area contributed by atoms with Gasteiger partial charge in [-0.25, -0.2) is 0 Å². The molecule has 0 saturated carbocycles. The van der Waals surface area contributed by atoms with Crippen LogP contribution in [0.1, 0.15) is 58.8 Å². The number of rotatable bonds is 8. The normalized spacial score (nSPS) is 31.2. The van der Waals surface area contributed by atoms with Gasteiger partial charge in [-0.3, -0.25) is 0 Å². The maximum atomic E-state index is 3.82. The monoisotopic (exact) mass is 252 g/mol. The predicted octanol–water partition coefficient (Wildman–Crippen LogP) is 3.28. The molecule has 2 bridgehead atoms. The van der Waals surface area contributed by atoms with Gasteiger partial charge in [-0.15, -0.1) is 0 Å². The fraction of sp³-hybridized carbons (Fsp3) is 1.00. The molecule has 0 aromatic heterocycles. The standard InChI is InChI=1S/C16H32N2/c1-14(2)7-5-3-4-6-10-17-16-9-12-18-11-8-15(16)13-18/h14-17H,3-13H2,1-2H3. The van der Waals surface area contributed by atoms with E-state index in [0.717, 1.165) is 17.9 Å². The van der Waals surface area contributed by atoms with Crippen LogP contribution in [-0.2, 0) is 0 Å². The number of fused-ring (bicyclic) bond motifs is 2. The molecule has 2 heterocycles. The van der Waals surface area contributed by atoms with E-state index in [1.807, 2.05) is 0 Å². The van der Waals surface area contributed by atoms with Crippen molar-refractivity contribution in [2.45, 2.75) is 64.8 Å². The molecule has 18 heavy (non-hydrogen) atoms. The minimum atomic E-state index is 0.833. The molecule has 0 radical (unpaired) electrons. The Morgan fingerprint density at radius 1 is 1.06 bits per heavy atom. The molecule has 3 unspecified atom stereocenters. The van der Waals surface area contributed by atoms with Crippen molar-refractivity contribution in [2.24, 2.45) is 11.8 Å². The molecule has 2 nitrogen and oxygen atoms in total. The molecule has 0 amide bonds. The van der Waals surface area contributed by atoms with Crippen LogP contribution in [0.15, 0.2) is 0 Å². The highest BCUT2D eigenvalue weighted by Gasteiger charge is 2.33. The van der Waals surface area contributed by atoms with Crippen molar-refractivity contribution < 1.29 is 0 Å². The third-order valence-electron chi connectivity index (χ3n) is 4.75. The Balaban J connectivity index is 1.46. The van der Waals surface area contributed by atoms with Crippen molar-refractivity contribution in [3.8, 4) is 0 Å². The van der Waals surface area contributed by atoms with Crippen LogP contribution < -0.4 is 5.32 Å². The van der Waals surface area contributed by atoms with Crippen molar-refractivity contribution in [3.05, 3.63) is 0 Å². The molecule has 2 aliphatic rings. The fourth-order valence-electron chi connectivity index (χ4n) is 3.54. The summed E-state index contributed by atoms with van der Waals surface area (Å²) in [4.78, 5) is 2.63. The quantitative estimate of drug-likeness (QED) is 0.667. The van der Waals surface area contributed by atoms with Gasteiger partial charge >= 0.3 is 0 Å². The second kappa shape index (κ2) is 7.49. The SMILES string of the molecule is CC(C)CCCCCCNC1CCN2CCC1C2. The van der Waals surface area contributed by atoms with Gasteiger partial charge in [0, 0.05) is 12.6 Å². The summed E-state index contributed by atoms with van der Waals surface area (Å²) >= 11 is 0. The summed E-state index contributed by atoms with van der Waals surface area (Å²) in [7, 11) is 0. The van der Waals surface area contributed by atoms with Gasteiger partial charge in [0.2, 0.25) is 0 Å². The van der Waals surface area contributed by atoms with Gasteiger partial charge in [0.25, 0.3) is 0 Å². The summed E-state index contributed by atoms with van der Waals surface area (Å²) in [6.45, 7) is 9.97. The first-order valence-corrected chi connectivity index (χ1v) is 8.21. The van der Waals surface area contributed by atoms with Gasteiger partial charge in [0.1, 0.15) is 0 Å². The van der Waals surface area contributed by atoms with Crippen LogP contribution in [0.5, 0.6) is 0 Å². The lowest BCUT2D eigenvalue weighted by Gasteiger charge is -2.31.